The Morgan fingerprint density at radius 3 is 2.84 bits per heavy atom. The van der Waals surface area contributed by atoms with Crippen molar-refractivity contribution in [2.45, 2.75) is 5.75 Å². The number of nitrogens with zero attached hydrogens (tertiary/aromatic N) is 2. The fourth-order valence-corrected chi connectivity index (χ4v) is 3.08. The summed E-state index contributed by atoms with van der Waals surface area (Å²) in [7, 11) is 0. The van der Waals surface area contributed by atoms with Crippen LogP contribution < -0.4 is 10.2 Å². The molecule has 0 fully saturated rings. The Hall–Kier alpha value is -2.30. The summed E-state index contributed by atoms with van der Waals surface area (Å²) in [5.41, 5.74) is 4.49. The summed E-state index contributed by atoms with van der Waals surface area (Å²) in [6, 6.07) is 17.0. The Morgan fingerprint density at radius 1 is 1.32 bits per heavy atom. The zero-order chi connectivity index (χ0) is 17.9. The number of nitrogens with one attached hydrogen (secondary N) is 1. The topological polar surface area (TPSA) is 74.5 Å². The van der Waals surface area contributed by atoms with Crippen molar-refractivity contribution in [3.8, 4) is 11.8 Å². The van der Waals surface area contributed by atoms with Crippen LogP contribution in [0.5, 0.6) is 5.75 Å². The minimum atomic E-state index is -0.148. The predicted molar refractivity (Wildman–Crippen MR) is 104 cm³/mol. The predicted octanol–water partition coefficient (Wildman–Crippen LogP) is 3.73. The fraction of sp³-hybridized carbons (Fsp3) is 0.167. The first-order valence-electron chi connectivity index (χ1n) is 7.41. The van der Waals surface area contributed by atoms with Gasteiger partial charge in [-0.2, -0.15) is 10.4 Å². The molecule has 1 N–H and O–H groups in total. The zero-order valence-corrected chi connectivity index (χ0v) is 15.7. The number of hydrazone groups is 1. The molecule has 0 saturated carbocycles. The molecule has 0 atom stereocenters. The number of hydrogen-bond acceptors (Lipinski definition) is 5. The van der Waals surface area contributed by atoms with E-state index in [9.17, 15) is 4.79 Å². The maximum Gasteiger partial charge on any atom is 0.250 e. The third kappa shape index (κ3) is 7.42. The molecule has 128 valence electrons. The normalized spacial score (nSPS) is 10.4. The molecule has 0 bridgehead atoms. The van der Waals surface area contributed by atoms with Gasteiger partial charge in [0.15, 0.2) is 6.61 Å². The lowest BCUT2D eigenvalue weighted by atomic mass is 10.2. The summed E-state index contributed by atoms with van der Waals surface area (Å²) in [6.45, 7) is 0.0150. The lowest BCUT2D eigenvalue weighted by molar-refractivity contribution is -0.118. The van der Waals surface area contributed by atoms with E-state index < -0.39 is 0 Å². The van der Waals surface area contributed by atoms with Crippen molar-refractivity contribution in [2.24, 2.45) is 5.10 Å². The smallest absolute Gasteiger partial charge is 0.250 e. The van der Waals surface area contributed by atoms with Crippen LogP contribution in [0.25, 0.3) is 0 Å². The van der Waals surface area contributed by atoms with E-state index in [1.807, 2.05) is 30.3 Å². The van der Waals surface area contributed by atoms with Crippen molar-refractivity contribution < 1.29 is 9.53 Å². The Bertz CT molecular complexity index is 773. The number of benzene rings is 2. The van der Waals surface area contributed by atoms with Crippen molar-refractivity contribution in [2.75, 3.05) is 12.4 Å². The van der Waals surface area contributed by atoms with Gasteiger partial charge in [0.05, 0.1) is 12.0 Å². The number of amides is 1. The van der Waals surface area contributed by atoms with Gasteiger partial charge >= 0.3 is 0 Å². The third-order valence-electron chi connectivity index (χ3n) is 2.98. The molecule has 0 aromatic heterocycles. The molecule has 2 aromatic rings. The summed E-state index contributed by atoms with van der Waals surface area (Å²) < 4.78 is 6.19. The Balaban J connectivity index is 1.70. The Kier molecular flexibility index (Phi) is 8.02. The SMILES string of the molecule is N#CCOc1ccc(/C=N/NC(=O)CSCc2cccc(Br)c2)cc1. The number of thioether (sulfide) groups is 1. The molecule has 0 aliphatic heterocycles. The Morgan fingerprint density at radius 2 is 2.12 bits per heavy atom. The summed E-state index contributed by atoms with van der Waals surface area (Å²) in [5, 5.41) is 12.4. The second-order valence-electron chi connectivity index (χ2n) is 4.93. The summed E-state index contributed by atoms with van der Waals surface area (Å²) in [4.78, 5) is 11.8. The number of ether oxygens (including phenoxy) is 1. The number of carbonyl (C=O) groups is 1. The fourth-order valence-electron chi connectivity index (χ4n) is 1.87. The molecule has 25 heavy (non-hydrogen) atoms. The average Bonchev–Trinajstić information content (AvgIpc) is 2.61. The molecule has 0 saturated heterocycles. The Labute approximate surface area is 159 Å². The first-order chi connectivity index (χ1) is 12.2. The number of hydrogen-bond donors (Lipinski definition) is 1. The maximum absolute atomic E-state index is 11.8. The quantitative estimate of drug-likeness (QED) is 0.524. The highest BCUT2D eigenvalue weighted by atomic mass is 79.9. The van der Waals surface area contributed by atoms with Crippen LogP contribution in [0.2, 0.25) is 0 Å². The average molecular weight is 418 g/mol. The van der Waals surface area contributed by atoms with E-state index in [4.69, 9.17) is 10.00 Å². The van der Waals surface area contributed by atoms with Gasteiger partial charge in [-0.05, 0) is 47.5 Å². The minimum absolute atomic E-state index is 0.0150. The van der Waals surface area contributed by atoms with E-state index in [0.717, 1.165) is 21.4 Å². The van der Waals surface area contributed by atoms with Crippen LogP contribution in [0.4, 0.5) is 0 Å². The van der Waals surface area contributed by atoms with Gasteiger partial charge in [0.1, 0.15) is 11.8 Å². The van der Waals surface area contributed by atoms with E-state index in [0.29, 0.717) is 11.5 Å². The number of halogens is 1. The van der Waals surface area contributed by atoms with Gasteiger partial charge < -0.3 is 4.74 Å². The molecule has 0 aliphatic rings. The highest BCUT2D eigenvalue weighted by Gasteiger charge is 2.01. The molecule has 0 radical (unpaired) electrons. The second kappa shape index (κ2) is 10.5. The van der Waals surface area contributed by atoms with Crippen LogP contribution in [-0.2, 0) is 10.5 Å². The van der Waals surface area contributed by atoms with Crippen molar-refractivity contribution in [1.29, 1.82) is 5.26 Å². The molecule has 0 spiro atoms. The monoisotopic (exact) mass is 417 g/mol. The summed E-state index contributed by atoms with van der Waals surface area (Å²) in [6.07, 6.45) is 1.56. The highest BCUT2D eigenvalue weighted by molar-refractivity contribution is 9.10. The molecule has 0 heterocycles. The molecule has 1 amide bonds. The van der Waals surface area contributed by atoms with Gasteiger partial charge in [-0.1, -0.05) is 28.1 Å². The van der Waals surface area contributed by atoms with Gasteiger partial charge in [-0.25, -0.2) is 5.43 Å². The standard InChI is InChI=1S/C18H16BrN3O2S/c19-16-3-1-2-15(10-16)12-25-13-18(23)22-21-11-14-4-6-17(7-5-14)24-9-8-20/h1-7,10-11H,9,12-13H2,(H,22,23)/b21-11+. The van der Waals surface area contributed by atoms with E-state index >= 15 is 0 Å². The third-order valence-corrected chi connectivity index (χ3v) is 4.47. The van der Waals surface area contributed by atoms with Crippen molar-refractivity contribution in [1.82, 2.24) is 5.43 Å². The van der Waals surface area contributed by atoms with Gasteiger partial charge in [0.25, 0.3) is 0 Å². The van der Waals surface area contributed by atoms with E-state index in [2.05, 4.69) is 26.5 Å². The first-order valence-corrected chi connectivity index (χ1v) is 9.36. The molecule has 0 unspecified atom stereocenters. The molecule has 2 aromatic carbocycles. The molecular weight excluding hydrogens is 402 g/mol. The lowest BCUT2D eigenvalue weighted by Gasteiger charge is -2.02. The highest BCUT2D eigenvalue weighted by Crippen LogP contribution is 2.16. The molecule has 2 rings (SSSR count). The largest absolute Gasteiger partial charge is 0.479 e. The minimum Gasteiger partial charge on any atom is -0.479 e. The molecule has 5 nitrogen and oxygen atoms in total. The van der Waals surface area contributed by atoms with Crippen LogP contribution in [0.15, 0.2) is 58.1 Å². The molecular formula is C18H16BrN3O2S. The number of rotatable bonds is 8. The van der Waals surface area contributed by atoms with Crippen molar-refractivity contribution >= 4 is 39.8 Å². The van der Waals surface area contributed by atoms with Crippen LogP contribution in [0, 0.1) is 11.3 Å². The molecule has 0 aliphatic carbocycles. The lowest BCUT2D eigenvalue weighted by Crippen LogP contribution is -2.19. The second-order valence-corrected chi connectivity index (χ2v) is 6.83. The zero-order valence-electron chi connectivity index (χ0n) is 13.3. The number of carbonyl (C=O) groups excluding carboxylic acids is 1. The van der Waals surface area contributed by atoms with Gasteiger partial charge in [-0.15, -0.1) is 11.8 Å². The van der Waals surface area contributed by atoms with E-state index in [1.165, 1.54) is 11.8 Å². The van der Waals surface area contributed by atoms with E-state index in [1.54, 1.807) is 30.5 Å². The van der Waals surface area contributed by atoms with E-state index in [-0.39, 0.29) is 12.5 Å². The van der Waals surface area contributed by atoms with Gasteiger partial charge in [-0.3, -0.25) is 4.79 Å². The maximum atomic E-state index is 11.8. The van der Waals surface area contributed by atoms with Crippen molar-refractivity contribution in [3.63, 3.8) is 0 Å². The van der Waals surface area contributed by atoms with Crippen LogP contribution >= 0.6 is 27.7 Å². The van der Waals surface area contributed by atoms with Crippen LogP contribution in [0.1, 0.15) is 11.1 Å². The number of nitriles is 1. The molecule has 7 heteroatoms. The van der Waals surface area contributed by atoms with Gasteiger partial charge in [0.2, 0.25) is 5.91 Å². The summed E-state index contributed by atoms with van der Waals surface area (Å²) >= 11 is 4.96. The van der Waals surface area contributed by atoms with Gasteiger partial charge in [0, 0.05) is 10.2 Å². The first kappa shape index (κ1) is 19.0. The van der Waals surface area contributed by atoms with Crippen molar-refractivity contribution in [3.05, 3.63) is 64.1 Å². The van der Waals surface area contributed by atoms with Crippen LogP contribution in [-0.4, -0.2) is 24.5 Å². The summed E-state index contributed by atoms with van der Waals surface area (Å²) in [5.74, 6) is 1.57. The van der Waals surface area contributed by atoms with Crippen LogP contribution in [0.3, 0.4) is 0 Å².